The Bertz CT molecular complexity index is 638. The smallest absolute Gasteiger partial charge is 0.290 e. The van der Waals surface area contributed by atoms with Crippen LogP contribution in [0.1, 0.15) is 6.42 Å². The van der Waals surface area contributed by atoms with Crippen LogP contribution < -0.4 is 5.73 Å². The van der Waals surface area contributed by atoms with Crippen molar-refractivity contribution in [3.05, 3.63) is 33.3 Å². The van der Waals surface area contributed by atoms with Gasteiger partial charge in [0, 0.05) is 24.2 Å². The van der Waals surface area contributed by atoms with Gasteiger partial charge in [-0.15, -0.1) is 12.4 Å². The molecule has 118 valence electrons. The number of nitro benzene ring substituents is 1. The summed E-state index contributed by atoms with van der Waals surface area (Å²) >= 11 is 5.69. The zero-order valence-corrected chi connectivity index (χ0v) is 13.3. The maximum absolute atomic E-state index is 12.5. The van der Waals surface area contributed by atoms with Gasteiger partial charge in [-0.05, 0) is 31.0 Å². The molecule has 1 fully saturated rings. The van der Waals surface area contributed by atoms with E-state index in [0.717, 1.165) is 6.07 Å². The lowest BCUT2D eigenvalue weighted by atomic mass is 10.1. The van der Waals surface area contributed by atoms with Crippen molar-refractivity contribution in [3.63, 3.8) is 0 Å². The molecule has 21 heavy (non-hydrogen) atoms. The molecular weight excluding hydrogens is 341 g/mol. The van der Waals surface area contributed by atoms with Crippen LogP contribution in [0, 0.1) is 16.0 Å². The van der Waals surface area contributed by atoms with Crippen molar-refractivity contribution in [3.8, 4) is 0 Å². The third kappa shape index (κ3) is 3.64. The zero-order chi connectivity index (χ0) is 14.9. The Kier molecular flexibility index (Phi) is 5.94. The van der Waals surface area contributed by atoms with Gasteiger partial charge in [0.05, 0.1) is 4.92 Å². The highest BCUT2D eigenvalue weighted by Gasteiger charge is 2.36. The first-order valence-electron chi connectivity index (χ1n) is 6.00. The van der Waals surface area contributed by atoms with Crippen LogP contribution in [0.2, 0.25) is 5.02 Å². The van der Waals surface area contributed by atoms with Gasteiger partial charge in [-0.25, -0.2) is 8.42 Å². The fraction of sp³-hybridized carbons (Fsp3) is 0.455. The molecule has 1 aromatic carbocycles. The molecule has 0 radical (unpaired) electrons. The number of nitrogens with zero attached hydrogens (tertiary/aromatic N) is 2. The van der Waals surface area contributed by atoms with Crippen LogP contribution in [-0.2, 0) is 10.0 Å². The number of halogens is 2. The summed E-state index contributed by atoms with van der Waals surface area (Å²) in [4.78, 5) is 9.93. The van der Waals surface area contributed by atoms with Crippen molar-refractivity contribution in [2.45, 2.75) is 11.3 Å². The number of hydrogen-bond donors (Lipinski definition) is 1. The van der Waals surface area contributed by atoms with Gasteiger partial charge in [0.25, 0.3) is 5.69 Å². The third-order valence-corrected chi connectivity index (χ3v) is 5.47. The average molecular weight is 356 g/mol. The van der Waals surface area contributed by atoms with Crippen molar-refractivity contribution in [1.29, 1.82) is 0 Å². The molecule has 0 spiro atoms. The van der Waals surface area contributed by atoms with Crippen LogP contribution in [0.15, 0.2) is 23.1 Å². The highest BCUT2D eigenvalue weighted by molar-refractivity contribution is 7.89. The molecule has 1 aliphatic rings. The lowest BCUT2D eigenvalue weighted by Crippen LogP contribution is -2.30. The molecule has 2 N–H and O–H groups in total. The number of rotatable bonds is 4. The average Bonchev–Trinajstić information content (AvgIpc) is 2.87. The minimum Gasteiger partial charge on any atom is -0.330 e. The second-order valence-corrected chi connectivity index (χ2v) is 6.97. The molecule has 1 saturated heterocycles. The largest absolute Gasteiger partial charge is 0.330 e. The van der Waals surface area contributed by atoms with Crippen molar-refractivity contribution in [1.82, 2.24) is 4.31 Å². The molecule has 10 heteroatoms. The quantitative estimate of drug-likeness (QED) is 0.652. The van der Waals surface area contributed by atoms with E-state index in [4.69, 9.17) is 17.3 Å². The fourth-order valence-electron chi connectivity index (χ4n) is 2.20. The van der Waals surface area contributed by atoms with E-state index in [1.54, 1.807) is 0 Å². The summed E-state index contributed by atoms with van der Waals surface area (Å²) in [5.41, 5.74) is 5.02. The van der Waals surface area contributed by atoms with Crippen LogP contribution in [-0.4, -0.2) is 37.3 Å². The molecule has 0 amide bonds. The summed E-state index contributed by atoms with van der Waals surface area (Å²) in [5.74, 6) is 0.0936. The molecule has 1 unspecified atom stereocenters. The van der Waals surface area contributed by atoms with E-state index >= 15 is 0 Å². The van der Waals surface area contributed by atoms with Gasteiger partial charge in [0.15, 0.2) is 4.90 Å². The third-order valence-electron chi connectivity index (χ3n) is 3.32. The van der Waals surface area contributed by atoms with E-state index in [0.29, 0.717) is 26.1 Å². The number of nitrogens with two attached hydrogens (primary N) is 1. The highest BCUT2D eigenvalue weighted by Crippen LogP contribution is 2.31. The van der Waals surface area contributed by atoms with Gasteiger partial charge < -0.3 is 5.73 Å². The summed E-state index contributed by atoms with van der Waals surface area (Å²) in [6, 6.07) is 3.55. The highest BCUT2D eigenvalue weighted by atomic mass is 35.5. The minimum atomic E-state index is -3.90. The summed E-state index contributed by atoms with van der Waals surface area (Å²) < 4.78 is 26.2. The summed E-state index contributed by atoms with van der Waals surface area (Å²) in [6.45, 7) is 1.01. The topological polar surface area (TPSA) is 107 Å². The van der Waals surface area contributed by atoms with Gasteiger partial charge in [0.2, 0.25) is 10.0 Å². The maximum atomic E-state index is 12.5. The Morgan fingerprint density at radius 1 is 1.48 bits per heavy atom. The Morgan fingerprint density at radius 2 is 2.14 bits per heavy atom. The van der Waals surface area contributed by atoms with Crippen LogP contribution in [0.5, 0.6) is 0 Å². The zero-order valence-electron chi connectivity index (χ0n) is 10.9. The van der Waals surface area contributed by atoms with Gasteiger partial charge in [0.1, 0.15) is 0 Å². The second kappa shape index (κ2) is 6.89. The lowest BCUT2D eigenvalue weighted by Gasteiger charge is -2.16. The molecule has 0 aromatic heterocycles. The first-order chi connectivity index (χ1) is 9.36. The second-order valence-electron chi connectivity index (χ2n) is 4.62. The molecular formula is C11H15Cl2N3O4S. The SMILES string of the molecule is Cl.NCC1CCN(S(=O)(=O)c2ccc(Cl)cc2[N+](=O)[O-])C1. The first kappa shape index (κ1) is 18.1. The number of benzene rings is 1. The maximum Gasteiger partial charge on any atom is 0.290 e. The Balaban J connectivity index is 0.00000220. The van der Waals surface area contributed by atoms with E-state index < -0.39 is 20.6 Å². The summed E-state index contributed by atoms with van der Waals surface area (Å²) in [7, 11) is -3.90. The molecule has 1 aliphatic heterocycles. The van der Waals surface area contributed by atoms with E-state index in [2.05, 4.69) is 0 Å². The summed E-state index contributed by atoms with van der Waals surface area (Å²) in [6.07, 6.45) is 0.664. The van der Waals surface area contributed by atoms with Gasteiger partial charge in [-0.1, -0.05) is 11.6 Å². The van der Waals surface area contributed by atoms with Crippen LogP contribution >= 0.6 is 24.0 Å². The van der Waals surface area contributed by atoms with Gasteiger partial charge >= 0.3 is 0 Å². The van der Waals surface area contributed by atoms with E-state index in [1.165, 1.54) is 16.4 Å². The Labute approximate surface area is 133 Å². The predicted molar refractivity (Wildman–Crippen MR) is 81.3 cm³/mol. The van der Waals surface area contributed by atoms with Crippen LogP contribution in [0.3, 0.4) is 0 Å². The molecule has 1 aromatic rings. The predicted octanol–water partition coefficient (Wildman–Crippen LogP) is 1.64. The number of nitro groups is 1. The fourth-order valence-corrected chi connectivity index (χ4v) is 4.03. The monoisotopic (exact) mass is 355 g/mol. The standard InChI is InChI=1S/C11H14ClN3O4S.ClH/c12-9-1-2-11(10(5-9)15(16)17)20(18,19)14-4-3-8(6-13)7-14;/h1-2,5,8H,3-4,6-7,13H2;1H. The number of hydrogen-bond acceptors (Lipinski definition) is 5. The van der Waals surface area contributed by atoms with Crippen molar-refractivity contribution < 1.29 is 13.3 Å². The van der Waals surface area contributed by atoms with Crippen LogP contribution in [0.4, 0.5) is 5.69 Å². The molecule has 0 aliphatic carbocycles. The number of sulfonamides is 1. The van der Waals surface area contributed by atoms with E-state index in [1.807, 2.05) is 0 Å². The van der Waals surface area contributed by atoms with Gasteiger partial charge in [-0.3, -0.25) is 10.1 Å². The Morgan fingerprint density at radius 3 is 2.67 bits per heavy atom. The molecule has 2 rings (SSSR count). The normalized spacial score (nSPS) is 19.2. The van der Waals surface area contributed by atoms with Crippen molar-refractivity contribution in [2.75, 3.05) is 19.6 Å². The molecule has 0 bridgehead atoms. The molecule has 0 saturated carbocycles. The summed E-state index contributed by atoms with van der Waals surface area (Å²) in [5, 5.41) is 11.1. The van der Waals surface area contributed by atoms with Gasteiger partial charge in [-0.2, -0.15) is 4.31 Å². The molecule has 1 heterocycles. The Hall–Kier alpha value is -0.930. The van der Waals surface area contributed by atoms with Crippen molar-refractivity contribution >= 4 is 39.7 Å². The van der Waals surface area contributed by atoms with E-state index in [-0.39, 0.29) is 28.2 Å². The van der Waals surface area contributed by atoms with E-state index in [9.17, 15) is 18.5 Å². The van der Waals surface area contributed by atoms with Crippen LogP contribution in [0.25, 0.3) is 0 Å². The first-order valence-corrected chi connectivity index (χ1v) is 7.82. The molecule has 1 atom stereocenters. The lowest BCUT2D eigenvalue weighted by molar-refractivity contribution is -0.387. The minimum absolute atomic E-state index is 0. The molecule has 7 nitrogen and oxygen atoms in total. The van der Waals surface area contributed by atoms with Crippen molar-refractivity contribution in [2.24, 2.45) is 11.7 Å².